The normalized spacial score (nSPS) is 21.3. The molecule has 12 rings (SSSR count). The number of aromatic amines is 1. The maximum atomic E-state index is 13.1. The van der Waals surface area contributed by atoms with Crippen molar-refractivity contribution < 1.29 is 31.0 Å². The van der Waals surface area contributed by atoms with Crippen molar-refractivity contribution in [3.8, 4) is 0 Å². The van der Waals surface area contributed by atoms with E-state index >= 15 is 0 Å². The second-order valence-electron chi connectivity index (χ2n) is 22.4. The molecule has 0 bridgehead atoms. The number of halogens is 1. The Bertz CT molecular complexity index is 2780. The number of rotatable bonds is 12. The summed E-state index contributed by atoms with van der Waals surface area (Å²) in [5.74, 6) is 0.675. The van der Waals surface area contributed by atoms with Gasteiger partial charge in [-0.1, -0.05) is 31.8 Å². The third kappa shape index (κ3) is 11.1. The Morgan fingerprint density at radius 1 is 0.718 bits per heavy atom. The Morgan fingerprint density at radius 2 is 1.24 bits per heavy atom. The highest BCUT2D eigenvalue weighted by atomic mass is 35.7. The largest absolute Gasteiger partial charge is 0.372 e. The number of hydrogen-bond donors (Lipinski definition) is 3. The Hall–Kier alpha value is -3.51. The monoisotopic (exact) mass is 1050 g/mol. The molecule has 1 saturated carbocycles. The molecule has 0 amide bonds. The molecule has 22 heteroatoms. The Labute approximate surface area is 424 Å². The van der Waals surface area contributed by atoms with Crippen LogP contribution in [-0.2, 0) is 91.4 Å². The molecule has 388 valence electrons. The number of fused-ring (bicyclic) bond motifs is 4. The summed E-state index contributed by atoms with van der Waals surface area (Å²) in [6.07, 6.45) is 17.1. The predicted molar refractivity (Wildman–Crippen MR) is 276 cm³/mol. The number of benzene rings is 2. The van der Waals surface area contributed by atoms with E-state index in [9.17, 15) is 16.8 Å². The number of hydrogen-bond acceptors (Lipinski definition) is 15. The molecule has 5 heterocycles. The maximum absolute atomic E-state index is 13.1. The highest BCUT2D eigenvalue weighted by Gasteiger charge is 2.52. The zero-order chi connectivity index (χ0) is 49.8. The van der Waals surface area contributed by atoms with E-state index in [1.165, 1.54) is 72.8 Å². The van der Waals surface area contributed by atoms with Crippen molar-refractivity contribution in [2.45, 2.75) is 150 Å². The minimum atomic E-state index is -4.03. The number of sulfonamides is 1. The van der Waals surface area contributed by atoms with Gasteiger partial charge >= 0.3 is 0 Å². The average Bonchev–Trinajstić information content (AvgIpc) is 4.16. The van der Waals surface area contributed by atoms with Gasteiger partial charge in [0.25, 0.3) is 29.4 Å². The molecular formula is C49H72ClN11O7S2Si. The number of nitrogens with one attached hydrogen (secondary N) is 3. The molecule has 2 spiro atoms. The molecule has 3 aliphatic heterocycles. The zero-order valence-corrected chi connectivity index (χ0v) is 45.6. The lowest BCUT2D eigenvalue weighted by Gasteiger charge is -2.52. The molecule has 3 saturated heterocycles. The Balaban J connectivity index is 0.000000137. The van der Waals surface area contributed by atoms with Crippen LogP contribution in [0.4, 0.5) is 23.3 Å². The number of H-pyrrole nitrogens is 1. The van der Waals surface area contributed by atoms with Gasteiger partial charge < -0.3 is 34.6 Å². The van der Waals surface area contributed by atoms with Crippen molar-refractivity contribution in [3.05, 3.63) is 56.6 Å². The first-order chi connectivity index (χ1) is 33.9. The molecule has 4 fully saturated rings. The lowest BCUT2D eigenvalue weighted by Crippen LogP contribution is -2.70. The van der Waals surface area contributed by atoms with Gasteiger partial charge in [-0.05, 0) is 161 Å². The van der Waals surface area contributed by atoms with Gasteiger partial charge in [-0.2, -0.15) is 14.3 Å². The molecule has 5 aliphatic carbocycles. The smallest absolute Gasteiger partial charge is 0.298 e. The minimum absolute atomic E-state index is 0.113. The van der Waals surface area contributed by atoms with Gasteiger partial charge in [0.05, 0.1) is 18.8 Å². The van der Waals surface area contributed by atoms with E-state index in [0.29, 0.717) is 43.8 Å². The summed E-state index contributed by atoms with van der Waals surface area (Å²) in [6.45, 7) is 13.8. The molecule has 2 aromatic carbocycles. The first-order valence-electron chi connectivity index (χ1n) is 25.8. The van der Waals surface area contributed by atoms with Crippen LogP contribution in [0.2, 0.25) is 25.7 Å². The van der Waals surface area contributed by atoms with Gasteiger partial charge in [0, 0.05) is 76.0 Å². The van der Waals surface area contributed by atoms with Crippen LogP contribution < -0.4 is 10.6 Å². The van der Waals surface area contributed by atoms with Crippen LogP contribution in [-0.4, -0.2) is 153 Å². The number of morpholine rings is 2. The van der Waals surface area contributed by atoms with Gasteiger partial charge in [0.1, 0.15) is 12.3 Å². The van der Waals surface area contributed by atoms with Gasteiger partial charge in [-0.25, -0.2) is 26.6 Å². The molecule has 18 nitrogen and oxygen atoms in total. The molecule has 71 heavy (non-hydrogen) atoms. The van der Waals surface area contributed by atoms with E-state index < -0.39 is 37.9 Å². The fraction of sp³-hybridized carbons (Fsp3) is 0.673. The molecular weight excluding hydrogens is 982 g/mol. The molecule has 0 radical (unpaired) electrons. The SMILES string of the molecule is CN1CCOC2(C1)CN(S(=O)(=O)c1nc(Nc3c4c(cc5c3CCC5)CCC4)n[nH]1)C2.CN1CCOC2(CCC2)C1.C[Si](C)(C)CCOCn1nc(S(=O)(=O)Cl)nc1Nc1c2c(cc3c1CCC3)CCC2. The number of aryl methyl sites for hydroxylation is 4. The van der Waals surface area contributed by atoms with Gasteiger partial charge in [-0.15, -0.1) is 10.2 Å². The Kier molecular flexibility index (Phi) is 14.6. The lowest BCUT2D eigenvalue weighted by atomic mass is 9.79. The van der Waals surface area contributed by atoms with E-state index in [1.54, 1.807) is 0 Å². The number of aromatic nitrogens is 6. The van der Waals surface area contributed by atoms with Gasteiger partial charge in [0.15, 0.2) is 0 Å². The summed E-state index contributed by atoms with van der Waals surface area (Å²) in [7, 11) is 0.766. The van der Waals surface area contributed by atoms with Crippen molar-refractivity contribution in [2.75, 3.05) is 83.8 Å². The lowest BCUT2D eigenvalue weighted by molar-refractivity contribution is -0.158. The first kappa shape index (κ1) is 51.0. The number of likely N-dealkylation sites (N-methyl/N-ethyl adjacent to an activating group) is 2. The maximum Gasteiger partial charge on any atom is 0.298 e. The van der Waals surface area contributed by atoms with Crippen LogP contribution in [0.5, 0.6) is 0 Å². The second-order valence-corrected chi connectivity index (χ2v) is 32.3. The van der Waals surface area contributed by atoms with Crippen LogP contribution in [0.1, 0.15) is 89.5 Å². The topological polar surface area (TPSA) is 202 Å². The van der Waals surface area contributed by atoms with E-state index in [2.05, 4.69) is 84.5 Å². The van der Waals surface area contributed by atoms with Crippen LogP contribution in [0.15, 0.2) is 22.4 Å². The van der Waals surface area contributed by atoms with E-state index in [4.69, 9.17) is 24.9 Å². The quantitative estimate of drug-likeness (QED) is 0.0806. The minimum Gasteiger partial charge on any atom is -0.372 e. The second kappa shape index (κ2) is 20.3. The molecule has 0 atom stereocenters. The first-order valence-corrected chi connectivity index (χ1v) is 33.2. The van der Waals surface area contributed by atoms with E-state index in [0.717, 1.165) is 127 Å². The summed E-state index contributed by atoms with van der Waals surface area (Å²) in [5, 5.41) is 17.2. The van der Waals surface area contributed by atoms with Crippen molar-refractivity contribution in [2.24, 2.45) is 0 Å². The fourth-order valence-corrected chi connectivity index (χ4v) is 14.5. The van der Waals surface area contributed by atoms with Crippen LogP contribution in [0, 0.1) is 0 Å². The van der Waals surface area contributed by atoms with Crippen molar-refractivity contribution in [1.29, 1.82) is 0 Å². The van der Waals surface area contributed by atoms with Crippen molar-refractivity contribution in [3.63, 3.8) is 0 Å². The third-order valence-electron chi connectivity index (χ3n) is 15.6. The molecule has 8 aliphatic rings. The summed E-state index contributed by atoms with van der Waals surface area (Å²) in [5.41, 5.74) is 13.0. The molecule has 0 unspecified atom stereocenters. The highest BCUT2D eigenvalue weighted by Crippen LogP contribution is 2.42. The fourth-order valence-electron chi connectivity index (χ4n) is 11.7. The Morgan fingerprint density at radius 3 is 1.72 bits per heavy atom. The van der Waals surface area contributed by atoms with Crippen LogP contribution in [0.3, 0.4) is 0 Å². The van der Waals surface area contributed by atoms with E-state index in [-0.39, 0.29) is 11.9 Å². The summed E-state index contributed by atoms with van der Waals surface area (Å²) < 4.78 is 70.1. The molecule has 4 aromatic rings. The average molecular weight is 1050 g/mol. The number of nitrogens with zero attached hydrogens (tertiary/aromatic N) is 8. The third-order valence-corrected chi connectivity index (χ3v) is 20.0. The van der Waals surface area contributed by atoms with Gasteiger partial charge in [-0.3, -0.25) is 0 Å². The highest BCUT2D eigenvalue weighted by molar-refractivity contribution is 8.13. The van der Waals surface area contributed by atoms with Crippen molar-refractivity contribution in [1.82, 2.24) is 44.1 Å². The summed E-state index contributed by atoms with van der Waals surface area (Å²) in [6, 6.07) is 5.74. The summed E-state index contributed by atoms with van der Waals surface area (Å²) >= 11 is 0. The standard InChI is InChI=1S/C21H28N6O3S.C20H29ClN4O3SSi.C8H15NO/c1-26-8-9-30-21(11-26)12-27(13-21)31(28,29)20-23-19(24-25-20)22-18-16-6-2-4-14(16)10-15-5-3-7-17(15)18;1-30(2,3)11-10-28-13-25-19(23-20(24-25)29(21,26)27)22-18-16-8-4-6-14(16)12-15-7-5-9-17(15)18;1-9-5-6-10-8(7-9)3-2-4-8/h10H,2-9,11-13H2,1H3,(H2,22,23,24,25);12H,4-11,13H2,1-3H3,(H,22,23,24);2-7H2,1H3. The van der Waals surface area contributed by atoms with Crippen molar-refractivity contribution >= 4 is 61.1 Å². The van der Waals surface area contributed by atoms with Gasteiger partial charge in [0.2, 0.25) is 11.9 Å². The summed E-state index contributed by atoms with van der Waals surface area (Å²) in [4.78, 5) is 13.1. The number of ether oxygens (including phenoxy) is 3. The van der Waals surface area contributed by atoms with E-state index in [1.807, 2.05) is 7.05 Å². The molecule has 2 aromatic heterocycles. The zero-order valence-electron chi connectivity index (χ0n) is 42.2. The predicted octanol–water partition coefficient (Wildman–Crippen LogP) is 6.34. The van der Waals surface area contributed by atoms with Crippen LogP contribution >= 0.6 is 10.7 Å². The van der Waals surface area contributed by atoms with Crippen LogP contribution in [0.25, 0.3) is 0 Å². The molecule has 3 N–H and O–H groups in total. The number of anilines is 4.